The topological polar surface area (TPSA) is 86.8 Å². The summed E-state index contributed by atoms with van der Waals surface area (Å²) in [4.78, 5) is 28.9. The number of nitrogens with zero attached hydrogens (tertiary/aromatic N) is 2. The van der Waals surface area contributed by atoms with Crippen LogP contribution in [0.15, 0.2) is 71.6 Å². The van der Waals surface area contributed by atoms with Gasteiger partial charge in [0.25, 0.3) is 10.0 Å². The quantitative estimate of drug-likeness (QED) is 0.336. The molecule has 3 rings (SSSR count). The third kappa shape index (κ3) is 7.30. The molecule has 0 saturated heterocycles. The molecule has 2 atom stereocenters. The molecule has 2 amide bonds. The van der Waals surface area contributed by atoms with Crippen molar-refractivity contribution < 1.29 is 18.0 Å². The number of rotatable bonds is 11. The summed E-state index contributed by atoms with van der Waals surface area (Å²) in [6.07, 6.45) is 0.749. The number of carbonyl (C=O) groups excluding carboxylic acids is 2. The lowest BCUT2D eigenvalue weighted by Gasteiger charge is -2.33. The zero-order chi connectivity index (χ0) is 29.6. The fourth-order valence-electron chi connectivity index (χ4n) is 4.36. The van der Waals surface area contributed by atoms with Gasteiger partial charge in [-0.1, -0.05) is 61.0 Å². The third-order valence-corrected chi connectivity index (χ3v) is 9.07. The van der Waals surface area contributed by atoms with Gasteiger partial charge in [0.2, 0.25) is 11.8 Å². The predicted molar refractivity (Wildman–Crippen MR) is 161 cm³/mol. The highest BCUT2D eigenvalue weighted by molar-refractivity contribution is 7.92. The van der Waals surface area contributed by atoms with E-state index < -0.39 is 28.5 Å². The Hall–Kier alpha value is -3.65. The molecular weight excluding hydrogens is 522 g/mol. The summed E-state index contributed by atoms with van der Waals surface area (Å²) in [6.45, 7) is 12.8. The van der Waals surface area contributed by atoms with E-state index in [1.165, 1.54) is 9.21 Å². The van der Waals surface area contributed by atoms with E-state index in [1.807, 2.05) is 77.9 Å². The van der Waals surface area contributed by atoms with Crippen LogP contribution < -0.4 is 9.62 Å². The molecule has 40 heavy (non-hydrogen) atoms. The van der Waals surface area contributed by atoms with Crippen LogP contribution in [-0.4, -0.2) is 43.8 Å². The van der Waals surface area contributed by atoms with Crippen molar-refractivity contribution in [3.8, 4) is 0 Å². The summed E-state index contributed by atoms with van der Waals surface area (Å²) in [5, 5.41) is 2.96. The molecule has 3 aromatic carbocycles. The van der Waals surface area contributed by atoms with Crippen molar-refractivity contribution in [3.63, 3.8) is 0 Å². The molecule has 3 aromatic rings. The van der Waals surface area contributed by atoms with Crippen molar-refractivity contribution in [2.24, 2.45) is 0 Å². The number of benzene rings is 3. The number of nitrogens with one attached hydrogen (secondary N) is 1. The first kappa shape index (κ1) is 30.9. The summed E-state index contributed by atoms with van der Waals surface area (Å²) in [5.74, 6) is -0.748. The molecule has 0 spiro atoms. The number of hydrogen-bond donors (Lipinski definition) is 1. The summed E-state index contributed by atoms with van der Waals surface area (Å²) in [5.41, 5.74) is 4.82. The van der Waals surface area contributed by atoms with E-state index in [0.717, 1.165) is 34.2 Å². The third-order valence-electron chi connectivity index (χ3n) is 7.29. The maximum atomic E-state index is 14.1. The number of carbonyl (C=O) groups is 2. The molecule has 7 nitrogen and oxygen atoms in total. The van der Waals surface area contributed by atoms with Crippen molar-refractivity contribution in [2.45, 2.75) is 78.4 Å². The molecule has 0 bridgehead atoms. The van der Waals surface area contributed by atoms with Crippen LogP contribution in [0, 0.1) is 27.7 Å². The van der Waals surface area contributed by atoms with Crippen molar-refractivity contribution in [1.29, 1.82) is 0 Å². The Bertz CT molecular complexity index is 1450. The Kier molecular flexibility index (Phi) is 10.1. The fraction of sp³-hybridized carbons (Fsp3) is 0.375. The van der Waals surface area contributed by atoms with Crippen LogP contribution in [0.3, 0.4) is 0 Å². The van der Waals surface area contributed by atoms with Gasteiger partial charge in [0.1, 0.15) is 12.6 Å². The van der Waals surface area contributed by atoms with Crippen LogP contribution >= 0.6 is 0 Å². The van der Waals surface area contributed by atoms with Gasteiger partial charge in [0.05, 0.1) is 10.6 Å². The standard InChI is InChI=1S/C32H41N3O4S/c1-8-26(6)33-32(37)27(7)34(20-28-12-10-9-11-24(28)4)31(36)21-35(30-19-23(3)13-16-25(30)5)40(38,39)29-17-14-22(2)15-18-29/h9-19,26-27H,8,20-21H2,1-7H3,(H,33,37)/t26-,27-/m0/s1. The van der Waals surface area contributed by atoms with Crippen LogP contribution in [-0.2, 0) is 26.2 Å². The lowest BCUT2D eigenvalue weighted by Crippen LogP contribution is -2.52. The number of hydrogen-bond acceptors (Lipinski definition) is 4. The molecule has 0 heterocycles. The maximum Gasteiger partial charge on any atom is 0.264 e. The number of sulfonamides is 1. The molecule has 8 heteroatoms. The Morgan fingerprint density at radius 1 is 0.850 bits per heavy atom. The van der Waals surface area contributed by atoms with Gasteiger partial charge in [-0.05, 0) is 88.4 Å². The van der Waals surface area contributed by atoms with Gasteiger partial charge < -0.3 is 10.2 Å². The highest BCUT2D eigenvalue weighted by Gasteiger charge is 2.33. The smallest absolute Gasteiger partial charge is 0.264 e. The van der Waals surface area contributed by atoms with Crippen molar-refractivity contribution in [2.75, 3.05) is 10.8 Å². The van der Waals surface area contributed by atoms with E-state index in [4.69, 9.17) is 0 Å². The minimum absolute atomic E-state index is 0.0567. The summed E-state index contributed by atoms with van der Waals surface area (Å²) < 4.78 is 29.3. The number of anilines is 1. The average molecular weight is 564 g/mol. The molecule has 0 radical (unpaired) electrons. The second-order valence-corrected chi connectivity index (χ2v) is 12.4. The van der Waals surface area contributed by atoms with E-state index in [9.17, 15) is 18.0 Å². The second kappa shape index (κ2) is 13.1. The summed E-state index contributed by atoms with van der Waals surface area (Å²) in [6, 6.07) is 18.9. The zero-order valence-corrected chi connectivity index (χ0v) is 25.4. The van der Waals surface area contributed by atoms with Crippen LogP contribution in [0.4, 0.5) is 5.69 Å². The first-order chi connectivity index (χ1) is 18.8. The first-order valence-corrected chi connectivity index (χ1v) is 15.1. The Labute approximate surface area is 239 Å². The SMILES string of the molecule is CC[C@H](C)NC(=O)[C@H](C)N(Cc1ccccc1C)C(=O)CN(c1cc(C)ccc1C)S(=O)(=O)c1ccc(C)cc1. The van der Waals surface area contributed by atoms with Crippen LogP contribution in [0.5, 0.6) is 0 Å². The van der Waals surface area contributed by atoms with Gasteiger partial charge in [-0.15, -0.1) is 0 Å². The Balaban J connectivity index is 2.08. The first-order valence-electron chi connectivity index (χ1n) is 13.7. The second-order valence-electron chi connectivity index (χ2n) is 10.6. The zero-order valence-electron chi connectivity index (χ0n) is 24.6. The van der Waals surface area contributed by atoms with Crippen molar-refractivity contribution >= 4 is 27.5 Å². The van der Waals surface area contributed by atoms with Crippen LogP contribution in [0.1, 0.15) is 55.0 Å². The normalized spacial score (nSPS) is 12.9. The molecule has 0 aliphatic heterocycles. The highest BCUT2D eigenvalue weighted by Crippen LogP contribution is 2.29. The van der Waals surface area contributed by atoms with E-state index in [1.54, 1.807) is 37.3 Å². The van der Waals surface area contributed by atoms with Crippen LogP contribution in [0.25, 0.3) is 0 Å². The summed E-state index contributed by atoms with van der Waals surface area (Å²) >= 11 is 0. The van der Waals surface area contributed by atoms with E-state index in [2.05, 4.69) is 5.32 Å². The lowest BCUT2D eigenvalue weighted by molar-refractivity contribution is -0.139. The predicted octanol–water partition coefficient (Wildman–Crippen LogP) is 5.45. The van der Waals surface area contributed by atoms with Gasteiger partial charge in [0.15, 0.2) is 0 Å². The number of aryl methyl sites for hydroxylation is 4. The number of amides is 2. The molecule has 0 aromatic heterocycles. The van der Waals surface area contributed by atoms with E-state index in [0.29, 0.717) is 5.69 Å². The molecule has 0 saturated carbocycles. The highest BCUT2D eigenvalue weighted by atomic mass is 32.2. The van der Waals surface area contributed by atoms with Crippen molar-refractivity contribution in [1.82, 2.24) is 10.2 Å². The van der Waals surface area contributed by atoms with Gasteiger partial charge >= 0.3 is 0 Å². The molecular formula is C32H41N3O4S. The fourth-order valence-corrected chi connectivity index (χ4v) is 5.83. The van der Waals surface area contributed by atoms with Gasteiger partial charge in [-0.3, -0.25) is 13.9 Å². The molecule has 0 fully saturated rings. The minimum Gasteiger partial charge on any atom is -0.352 e. The van der Waals surface area contributed by atoms with Crippen molar-refractivity contribution in [3.05, 3.63) is 94.5 Å². The largest absolute Gasteiger partial charge is 0.352 e. The monoisotopic (exact) mass is 563 g/mol. The maximum absolute atomic E-state index is 14.1. The van der Waals surface area contributed by atoms with Gasteiger partial charge in [0, 0.05) is 12.6 Å². The Morgan fingerprint density at radius 2 is 1.48 bits per heavy atom. The molecule has 0 aliphatic carbocycles. The van der Waals surface area contributed by atoms with Gasteiger partial charge in [-0.25, -0.2) is 8.42 Å². The van der Waals surface area contributed by atoms with Crippen LogP contribution in [0.2, 0.25) is 0 Å². The molecule has 0 unspecified atom stereocenters. The molecule has 214 valence electrons. The summed E-state index contributed by atoms with van der Waals surface area (Å²) in [7, 11) is -4.10. The Morgan fingerprint density at radius 3 is 2.10 bits per heavy atom. The average Bonchev–Trinajstić information content (AvgIpc) is 2.92. The minimum atomic E-state index is -4.10. The lowest BCUT2D eigenvalue weighted by atomic mass is 10.1. The van der Waals surface area contributed by atoms with E-state index in [-0.39, 0.29) is 23.4 Å². The van der Waals surface area contributed by atoms with Gasteiger partial charge in [-0.2, -0.15) is 0 Å². The molecule has 0 aliphatic rings. The van der Waals surface area contributed by atoms with E-state index >= 15 is 0 Å². The molecule has 1 N–H and O–H groups in total.